The standard InChI is InChI=1S/C25H23N5O5S2/c1-16-12-23(27-24(31)17-4-7-19(8-5-17)37(32,33)29-10-2-3-11-29)30(28-16)25-26-20(14-36-25)18-6-9-21-22(13-18)35-15-34-21/h4-9,12-14H,2-3,10-11,15H2,1H3,(H,27,31). The van der Waals surface area contributed by atoms with Crippen molar-refractivity contribution in [1.82, 2.24) is 19.1 Å². The molecule has 0 saturated carbocycles. The number of fused-ring (bicyclic) bond motifs is 1. The largest absolute Gasteiger partial charge is 0.454 e. The summed E-state index contributed by atoms with van der Waals surface area (Å²) in [6.45, 7) is 3.09. The van der Waals surface area contributed by atoms with Gasteiger partial charge < -0.3 is 14.8 Å². The lowest BCUT2D eigenvalue weighted by Gasteiger charge is -2.15. The summed E-state index contributed by atoms with van der Waals surface area (Å²) >= 11 is 1.39. The fourth-order valence-corrected chi connectivity index (χ4v) is 6.64. The molecule has 1 saturated heterocycles. The zero-order valence-electron chi connectivity index (χ0n) is 19.9. The number of amides is 1. The average molecular weight is 538 g/mol. The second-order valence-electron chi connectivity index (χ2n) is 8.76. The number of nitrogens with one attached hydrogen (secondary N) is 1. The van der Waals surface area contributed by atoms with Crippen LogP contribution >= 0.6 is 11.3 Å². The summed E-state index contributed by atoms with van der Waals surface area (Å²) in [4.78, 5) is 17.9. The monoisotopic (exact) mass is 537 g/mol. The lowest BCUT2D eigenvalue weighted by Crippen LogP contribution is -2.27. The zero-order chi connectivity index (χ0) is 25.6. The van der Waals surface area contributed by atoms with E-state index in [-0.39, 0.29) is 17.6 Å². The van der Waals surface area contributed by atoms with Crippen LogP contribution in [0.2, 0.25) is 0 Å². The second-order valence-corrected chi connectivity index (χ2v) is 11.5. The van der Waals surface area contributed by atoms with Gasteiger partial charge >= 0.3 is 0 Å². The molecule has 37 heavy (non-hydrogen) atoms. The van der Waals surface area contributed by atoms with Crippen molar-refractivity contribution in [3.05, 3.63) is 65.2 Å². The van der Waals surface area contributed by atoms with Crippen LogP contribution in [0.4, 0.5) is 5.82 Å². The molecule has 190 valence electrons. The van der Waals surface area contributed by atoms with Gasteiger partial charge in [0, 0.05) is 35.7 Å². The molecule has 2 aromatic carbocycles. The first-order valence-electron chi connectivity index (χ1n) is 11.7. The Morgan fingerprint density at radius 1 is 1.03 bits per heavy atom. The van der Waals surface area contributed by atoms with Crippen LogP contribution in [-0.2, 0) is 10.0 Å². The predicted molar refractivity (Wildman–Crippen MR) is 138 cm³/mol. The Morgan fingerprint density at radius 3 is 2.57 bits per heavy atom. The molecule has 2 aromatic heterocycles. The highest BCUT2D eigenvalue weighted by atomic mass is 32.2. The Balaban J connectivity index is 1.21. The molecule has 0 bridgehead atoms. The minimum atomic E-state index is -3.54. The smallest absolute Gasteiger partial charge is 0.256 e. The van der Waals surface area contributed by atoms with Gasteiger partial charge in [-0.2, -0.15) is 14.1 Å². The van der Waals surface area contributed by atoms with Gasteiger partial charge in [-0.25, -0.2) is 13.4 Å². The van der Waals surface area contributed by atoms with Crippen LogP contribution < -0.4 is 14.8 Å². The molecule has 0 unspecified atom stereocenters. The number of aromatic nitrogens is 3. The Morgan fingerprint density at radius 2 is 1.78 bits per heavy atom. The molecule has 2 aliphatic heterocycles. The lowest BCUT2D eigenvalue weighted by molar-refractivity contribution is 0.102. The number of carbonyl (C=O) groups is 1. The minimum Gasteiger partial charge on any atom is -0.454 e. The number of hydrogen-bond donors (Lipinski definition) is 1. The van der Waals surface area contributed by atoms with Crippen molar-refractivity contribution in [2.24, 2.45) is 0 Å². The van der Waals surface area contributed by atoms with Gasteiger partial charge in [-0.15, -0.1) is 11.3 Å². The maximum atomic E-state index is 13.0. The Labute approximate surface area is 217 Å². The summed E-state index contributed by atoms with van der Waals surface area (Å²) in [5.41, 5.74) is 2.68. The first-order valence-corrected chi connectivity index (χ1v) is 14.0. The third-order valence-electron chi connectivity index (χ3n) is 6.23. The van der Waals surface area contributed by atoms with Gasteiger partial charge in [-0.1, -0.05) is 0 Å². The number of hydrogen-bond acceptors (Lipinski definition) is 8. The third kappa shape index (κ3) is 4.47. The summed E-state index contributed by atoms with van der Waals surface area (Å²) in [6.07, 6.45) is 1.73. The highest BCUT2D eigenvalue weighted by Gasteiger charge is 2.27. The molecule has 0 atom stereocenters. The summed E-state index contributed by atoms with van der Waals surface area (Å²) in [5.74, 6) is 1.46. The number of nitrogens with zero attached hydrogens (tertiary/aromatic N) is 4. The van der Waals surface area contributed by atoms with E-state index in [9.17, 15) is 13.2 Å². The van der Waals surface area contributed by atoms with Crippen LogP contribution in [0.1, 0.15) is 28.9 Å². The van der Waals surface area contributed by atoms with Crippen LogP contribution in [0.3, 0.4) is 0 Å². The molecule has 0 spiro atoms. The highest BCUT2D eigenvalue weighted by molar-refractivity contribution is 7.89. The summed E-state index contributed by atoms with van der Waals surface area (Å²) < 4.78 is 39.4. The zero-order valence-corrected chi connectivity index (χ0v) is 21.5. The highest BCUT2D eigenvalue weighted by Crippen LogP contribution is 2.36. The Hall–Kier alpha value is -3.74. The predicted octanol–water partition coefficient (Wildman–Crippen LogP) is 4.07. The number of carbonyl (C=O) groups excluding carboxylic acids is 1. The van der Waals surface area contributed by atoms with Crippen molar-refractivity contribution >= 4 is 33.1 Å². The van der Waals surface area contributed by atoms with Gasteiger partial charge in [0.25, 0.3) is 5.91 Å². The first kappa shape index (κ1) is 23.6. The van der Waals surface area contributed by atoms with Crippen LogP contribution in [0.25, 0.3) is 16.4 Å². The molecule has 12 heteroatoms. The molecule has 4 aromatic rings. The number of sulfonamides is 1. The number of benzene rings is 2. The number of thiazole rings is 1. The van der Waals surface area contributed by atoms with Crippen LogP contribution in [0.15, 0.2) is 58.8 Å². The van der Waals surface area contributed by atoms with E-state index >= 15 is 0 Å². The summed E-state index contributed by atoms with van der Waals surface area (Å²) in [7, 11) is -3.54. The topological polar surface area (TPSA) is 116 Å². The average Bonchev–Trinajstić information content (AvgIpc) is 3.71. The normalized spacial score (nSPS) is 15.3. The molecular formula is C25H23N5O5S2. The van der Waals surface area contributed by atoms with Crippen molar-refractivity contribution in [3.63, 3.8) is 0 Å². The van der Waals surface area contributed by atoms with Gasteiger partial charge in [-0.05, 0) is 62.2 Å². The van der Waals surface area contributed by atoms with Crippen LogP contribution in [0.5, 0.6) is 11.5 Å². The van der Waals surface area contributed by atoms with Crippen molar-refractivity contribution in [2.75, 3.05) is 25.2 Å². The van der Waals surface area contributed by atoms with Crippen molar-refractivity contribution < 1.29 is 22.7 Å². The third-order valence-corrected chi connectivity index (χ3v) is 8.96. The number of ether oxygens (including phenoxy) is 2. The fourth-order valence-electron chi connectivity index (χ4n) is 4.33. The molecule has 0 aliphatic carbocycles. The van der Waals surface area contributed by atoms with E-state index in [1.54, 1.807) is 10.7 Å². The van der Waals surface area contributed by atoms with Gasteiger partial charge in [0.05, 0.1) is 16.3 Å². The SMILES string of the molecule is Cc1cc(NC(=O)c2ccc(S(=O)(=O)N3CCCC3)cc2)n(-c2nc(-c3ccc4c(c3)OCO4)cs2)n1. The van der Waals surface area contributed by atoms with Gasteiger partial charge in [0.1, 0.15) is 5.82 Å². The van der Waals surface area contributed by atoms with Crippen molar-refractivity contribution in [3.8, 4) is 27.9 Å². The number of rotatable bonds is 6. The molecule has 10 nitrogen and oxygen atoms in total. The van der Waals surface area contributed by atoms with E-state index in [1.165, 1.54) is 39.9 Å². The van der Waals surface area contributed by atoms with E-state index in [1.807, 2.05) is 30.5 Å². The molecule has 2 aliphatic rings. The minimum absolute atomic E-state index is 0.186. The first-order chi connectivity index (χ1) is 17.9. The second kappa shape index (κ2) is 9.29. The maximum absolute atomic E-state index is 13.0. The lowest BCUT2D eigenvalue weighted by atomic mass is 10.1. The number of anilines is 1. The van der Waals surface area contributed by atoms with Crippen molar-refractivity contribution in [1.29, 1.82) is 0 Å². The Bertz CT molecular complexity index is 1590. The number of aryl methyl sites for hydroxylation is 1. The van der Waals surface area contributed by atoms with E-state index in [4.69, 9.17) is 14.5 Å². The van der Waals surface area contributed by atoms with E-state index < -0.39 is 10.0 Å². The molecule has 4 heterocycles. The van der Waals surface area contributed by atoms with Gasteiger partial charge in [0.2, 0.25) is 21.9 Å². The van der Waals surface area contributed by atoms with E-state index in [0.29, 0.717) is 46.8 Å². The quantitative estimate of drug-likeness (QED) is 0.394. The molecule has 0 radical (unpaired) electrons. The van der Waals surface area contributed by atoms with Crippen molar-refractivity contribution in [2.45, 2.75) is 24.7 Å². The molecule has 1 amide bonds. The van der Waals surface area contributed by atoms with E-state index in [2.05, 4.69) is 10.4 Å². The van der Waals surface area contributed by atoms with Gasteiger partial charge in [-0.3, -0.25) is 4.79 Å². The molecule has 6 rings (SSSR count). The van der Waals surface area contributed by atoms with Crippen LogP contribution in [-0.4, -0.2) is 53.3 Å². The molecule has 1 fully saturated rings. The maximum Gasteiger partial charge on any atom is 0.256 e. The molecule has 1 N–H and O–H groups in total. The Kier molecular flexibility index (Phi) is 5.94. The summed E-state index contributed by atoms with van der Waals surface area (Å²) in [6, 6.07) is 13.4. The van der Waals surface area contributed by atoms with E-state index in [0.717, 1.165) is 24.1 Å². The fraction of sp³-hybridized carbons (Fsp3) is 0.240. The van der Waals surface area contributed by atoms with Crippen LogP contribution in [0, 0.1) is 6.92 Å². The summed E-state index contributed by atoms with van der Waals surface area (Å²) in [5, 5.41) is 9.88. The van der Waals surface area contributed by atoms with Gasteiger partial charge in [0.15, 0.2) is 11.5 Å². The molecular weight excluding hydrogens is 514 g/mol.